The smallest absolute Gasteiger partial charge is 0.0447 e. The third-order valence-corrected chi connectivity index (χ3v) is 3.37. The molecule has 0 aliphatic heterocycles. The molecule has 1 aliphatic rings. The Bertz CT molecular complexity index is 504. The Morgan fingerprint density at radius 2 is 1.78 bits per heavy atom. The summed E-state index contributed by atoms with van der Waals surface area (Å²) >= 11 is 0. The normalized spacial score (nSPS) is 14.7. The maximum atomic E-state index is 4.40. The number of aromatic nitrogens is 1. The van der Waals surface area contributed by atoms with E-state index < -0.39 is 0 Å². The van der Waals surface area contributed by atoms with Crippen LogP contribution in [-0.4, -0.2) is 11.0 Å². The molecular formula is C16H18N2. The summed E-state index contributed by atoms with van der Waals surface area (Å²) in [5.41, 5.74) is 3.91. The second-order valence-electron chi connectivity index (χ2n) is 4.92. The number of rotatable bonds is 5. The lowest BCUT2D eigenvalue weighted by Gasteiger charge is -2.10. The molecule has 1 fully saturated rings. The van der Waals surface area contributed by atoms with Crippen molar-refractivity contribution in [2.45, 2.75) is 31.8 Å². The zero-order valence-corrected chi connectivity index (χ0v) is 10.5. The van der Waals surface area contributed by atoms with Crippen LogP contribution in [0.4, 0.5) is 0 Å². The van der Waals surface area contributed by atoms with Crippen molar-refractivity contribution in [3.63, 3.8) is 0 Å². The molecule has 1 aliphatic carbocycles. The monoisotopic (exact) mass is 238 g/mol. The van der Waals surface area contributed by atoms with Gasteiger partial charge >= 0.3 is 0 Å². The van der Waals surface area contributed by atoms with E-state index in [0.29, 0.717) is 0 Å². The molecule has 0 unspecified atom stereocenters. The Hall–Kier alpha value is -1.67. The first kappa shape index (κ1) is 11.4. The van der Waals surface area contributed by atoms with Gasteiger partial charge in [0, 0.05) is 30.9 Å². The fourth-order valence-electron chi connectivity index (χ4n) is 2.14. The molecule has 2 nitrogen and oxygen atoms in total. The second kappa shape index (κ2) is 5.32. The SMILES string of the molecule is c1ccc(Cc2ccccc2CNC2CC2)nc1. The van der Waals surface area contributed by atoms with Crippen LogP contribution in [0.5, 0.6) is 0 Å². The lowest BCUT2D eigenvalue weighted by Crippen LogP contribution is -2.16. The molecular weight excluding hydrogens is 220 g/mol. The highest BCUT2D eigenvalue weighted by atomic mass is 14.9. The van der Waals surface area contributed by atoms with Crippen molar-refractivity contribution in [1.82, 2.24) is 10.3 Å². The molecule has 0 atom stereocenters. The molecule has 1 aromatic carbocycles. The van der Waals surface area contributed by atoms with Crippen LogP contribution >= 0.6 is 0 Å². The maximum absolute atomic E-state index is 4.40. The van der Waals surface area contributed by atoms with Crippen molar-refractivity contribution in [2.75, 3.05) is 0 Å². The summed E-state index contributed by atoms with van der Waals surface area (Å²) in [6.07, 6.45) is 5.45. The summed E-state index contributed by atoms with van der Waals surface area (Å²) in [4.78, 5) is 4.40. The molecule has 3 rings (SSSR count). The van der Waals surface area contributed by atoms with Crippen molar-refractivity contribution in [2.24, 2.45) is 0 Å². The van der Waals surface area contributed by atoms with Gasteiger partial charge in [-0.3, -0.25) is 4.98 Å². The Labute approximate surface area is 108 Å². The zero-order chi connectivity index (χ0) is 12.2. The fraction of sp³-hybridized carbons (Fsp3) is 0.312. The van der Waals surface area contributed by atoms with Crippen LogP contribution in [0.3, 0.4) is 0 Å². The maximum Gasteiger partial charge on any atom is 0.0447 e. The molecule has 1 aromatic heterocycles. The number of pyridine rings is 1. The average molecular weight is 238 g/mol. The predicted octanol–water partition coefficient (Wildman–Crippen LogP) is 2.92. The van der Waals surface area contributed by atoms with Crippen molar-refractivity contribution >= 4 is 0 Å². The zero-order valence-electron chi connectivity index (χ0n) is 10.5. The lowest BCUT2D eigenvalue weighted by molar-refractivity contribution is 0.683. The Kier molecular flexibility index (Phi) is 3.37. The van der Waals surface area contributed by atoms with E-state index in [1.54, 1.807) is 0 Å². The largest absolute Gasteiger partial charge is 0.310 e. The number of benzene rings is 1. The lowest BCUT2D eigenvalue weighted by atomic mass is 10.0. The molecule has 1 N–H and O–H groups in total. The van der Waals surface area contributed by atoms with Crippen LogP contribution in [-0.2, 0) is 13.0 Å². The molecule has 0 saturated heterocycles. The van der Waals surface area contributed by atoms with Crippen LogP contribution in [0.25, 0.3) is 0 Å². The van der Waals surface area contributed by atoms with E-state index in [0.717, 1.165) is 24.7 Å². The average Bonchev–Trinajstić information content (AvgIpc) is 3.23. The quantitative estimate of drug-likeness (QED) is 0.866. The van der Waals surface area contributed by atoms with E-state index in [4.69, 9.17) is 0 Å². The van der Waals surface area contributed by atoms with Crippen molar-refractivity contribution in [3.8, 4) is 0 Å². The van der Waals surface area contributed by atoms with Crippen molar-refractivity contribution < 1.29 is 0 Å². The van der Waals surface area contributed by atoms with E-state index >= 15 is 0 Å². The van der Waals surface area contributed by atoms with Gasteiger partial charge < -0.3 is 5.32 Å². The van der Waals surface area contributed by atoms with E-state index in [9.17, 15) is 0 Å². The first-order valence-corrected chi connectivity index (χ1v) is 6.62. The molecule has 1 saturated carbocycles. The minimum atomic E-state index is 0.757. The minimum Gasteiger partial charge on any atom is -0.310 e. The number of nitrogens with zero attached hydrogens (tertiary/aromatic N) is 1. The fourth-order valence-corrected chi connectivity index (χ4v) is 2.14. The van der Waals surface area contributed by atoms with Gasteiger partial charge in [-0.2, -0.15) is 0 Å². The molecule has 0 bridgehead atoms. The summed E-state index contributed by atoms with van der Waals surface area (Å²) in [7, 11) is 0. The molecule has 92 valence electrons. The van der Waals surface area contributed by atoms with Crippen LogP contribution in [0.1, 0.15) is 29.7 Å². The molecule has 2 aromatic rings. The van der Waals surface area contributed by atoms with Gasteiger partial charge in [0.2, 0.25) is 0 Å². The first-order chi connectivity index (χ1) is 8.92. The molecule has 0 amide bonds. The standard InChI is InChI=1S/C16H18N2/c1-2-6-14(12-18-15-8-9-15)13(5-1)11-16-7-3-4-10-17-16/h1-7,10,15,18H,8-9,11-12H2. The van der Waals surface area contributed by atoms with Crippen LogP contribution in [0, 0.1) is 0 Å². The van der Waals surface area contributed by atoms with Crippen molar-refractivity contribution in [3.05, 3.63) is 65.5 Å². The first-order valence-electron chi connectivity index (χ1n) is 6.62. The highest BCUT2D eigenvalue weighted by molar-refractivity contribution is 5.30. The summed E-state index contributed by atoms with van der Waals surface area (Å²) in [5.74, 6) is 0. The third kappa shape index (κ3) is 2.96. The summed E-state index contributed by atoms with van der Waals surface area (Å²) in [6.45, 7) is 0.980. The molecule has 2 heteroatoms. The number of hydrogen-bond donors (Lipinski definition) is 1. The highest BCUT2D eigenvalue weighted by Crippen LogP contribution is 2.20. The summed E-state index contributed by atoms with van der Waals surface area (Å²) < 4.78 is 0. The number of nitrogens with one attached hydrogen (secondary N) is 1. The van der Waals surface area contributed by atoms with Gasteiger partial charge in [0.15, 0.2) is 0 Å². The Morgan fingerprint density at radius 1 is 1.00 bits per heavy atom. The van der Waals surface area contributed by atoms with E-state index in [2.05, 4.69) is 40.6 Å². The minimum absolute atomic E-state index is 0.757. The van der Waals surface area contributed by atoms with Crippen LogP contribution < -0.4 is 5.32 Å². The van der Waals surface area contributed by atoms with Crippen molar-refractivity contribution in [1.29, 1.82) is 0 Å². The van der Waals surface area contributed by atoms with E-state index in [1.165, 1.54) is 24.0 Å². The molecule has 0 radical (unpaired) electrons. The Balaban J connectivity index is 1.73. The predicted molar refractivity (Wildman–Crippen MR) is 73.3 cm³/mol. The van der Waals surface area contributed by atoms with E-state index in [1.807, 2.05) is 18.3 Å². The topological polar surface area (TPSA) is 24.9 Å². The number of hydrogen-bond acceptors (Lipinski definition) is 2. The molecule has 0 spiro atoms. The van der Waals surface area contributed by atoms with Crippen LogP contribution in [0.2, 0.25) is 0 Å². The van der Waals surface area contributed by atoms with Gasteiger partial charge in [-0.1, -0.05) is 30.3 Å². The van der Waals surface area contributed by atoms with Gasteiger partial charge in [0.1, 0.15) is 0 Å². The third-order valence-electron chi connectivity index (χ3n) is 3.37. The second-order valence-corrected chi connectivity index (χ2v) is 4.92. The molecule has 1 heterocycles. The summed E-state index contributed by atoms with van der Waals surface area (Å²) in [5, 5.41) is 3.58. The van der Waals surface area contributed by atoms with E-state index in [-0.39, 0.29) is 0 Å². The van der Waals surface area contributed by atoms with Crippen LogP contribution in [0.15, 0.2) is 48.7 Å². The van der Waals surface area contributed by atoms with Gasteiger partial charge in [-0.25, -0.2) is 0 Å². The molecule has 18 heavy (non-hydrogen) atoms. The summed E-state index contributed by atoms with van der Waals surface area (Å²) in [6, 6.07) is 15.5. The highest BCUT2D eigenvalue weighted by Gasteiger charge is 2.20. The Morgan fingerprint density at radius 3 is 2.50 bits per heavy atom. The van der Waals surface area contributed by atoms with Gasteiger partial charge in [0.05, 0.1) is 0 Å². The van der Waals surface area contributed by atoms with Gasteiger partial charge in [-0.05, 0) is 36.1 Å². The van der Waals surface area contributed by atoms with Gasteiger partial charge in [0.25, 0.3) is 0 Å². The van der Waals surface area contributed by atoms with Gasteiger partial charge in [-0.15, -0.1) is 0 Å².